The van der Waals surface area contributed by atoms with Gasteiger partial charge < -0.3 is 11.1 Å². The minimum absolute atomic E-state index is 0.0600. The Morgan fingerprint density at radius 3 is 2.71 bits per heavy atom. The van der Waals surface area contributed by atoms with Gasteiger partial charge in [0, 0.05) is 12.4 Å². The Morgan fingerprint density at radius 1 is 1.29 bits per heavy atom. The van der Waals surface area contributed by atoms with Crippen LogP contribution in [0.5, 0.6) is 0 Å². The van der Waals surface area contributed by atoms with E-state index >= 15 is 0 Å². The molecule has 0 unspecified atom stereocenters. The maximum atomic E-state index is 6.00. The Labute approximate surface area is 104 Å². The van der Waals surface area contributed by atoms with Crippen LogP contribution in [0.1, 0.15) is 18.5 Å². The summed E-state index contributed by atoms with van der Waals surface area (Å²) >= 11 is 6.00. The average Bonchev–Trinajstić information content (AvgIpc) is 2.36. The summed E-state index contributed by atoms with van der Waals surface area (Å²) in [5.41, 5.74) is 6.69. The lowest BCUT2D eigenvalue weighted by Gasteiger charge is -2.15. The van der Waals surface area contributed by atoms with Crippen LogP contribution in [0.4, 0.5) is 11.6 Å². The molecule has 17 heavy (non-hydrogen) atoms. The van der Waals surface area contributed by atoms with Gasteiger partial charge in [-0.2, -0.15) is 0 Å². The fraction of sp³-hybridized carbons (Fsp3) is 0.182. The Balaban J connectivity index is 2.19. The predicted molar refractivity (Wildman–Crippen MR) is 67.7 cm³/mol. The molecule has 2 aromatic heterocycles. The van der Waals surface area contributed by atoms with Crippen LogP contribution in [0.2, 0.25) is 5.02 Å². The molecule has 5 nitrogen and oxygen atoms in total. The van der Waals surface area contributed by atoms with Crippen LogP contribution in [-0.4, -0.2) is 15.0 Å². The number of aromatic nitrogens is 3. The molecule has 0 bridgehead atoms. The highest BCUT2D eigenvalue weighted by molar-refractivity contribution is 6.35. The van der Waals surface area contributed by atoms with Crippen LogP contribution in [0, 0.1) is 0 Å². The molecule has 6 heteroatoms. The lowest BCUT2D eigenvalue weighted by Crippen LogP contribution is -2.09. The maximum absolute atomic E-state index is 6.00. The average molecular weight is 250 g/mol. The van der Waals surface area contributed by atoms with Gasteiger partial charge in [0.15, 0.2) is 5.82 Å². The highest BCUT2D eigenvalue weighted by Gasteiger charge is 2.10. The highest BCUT2D eigenvalue weighted by Crippen LogP contribution is 2.26. The van der Waals surface area contributed by atoms with Gasteiger partial charge in [0.1, 0.15) is 17.2 Å². The van der Waals surface area contributed by atoms with E-state index in [-0.39, 0.29) is 11.9 Å². The second kappa shape index (κ2) is 4.97. The first-order valence-electron chi connectivity index (χ1n) is 5.11. The molecule has 0 saturated heterocycles. The maximum Gasteiger partial charge on any atom is 0.150 e. The van der Waals surface area contributed by atoms with E-state index in [4.69, 9.17) is 17.3 Å². The van der Waals surface area contributed by atoms with Crippen molar-refractivity contribution in [1.29, 1.82) is 0 Å². The van der Waals surface area contributed by atoms with Crippen molar-refractivity contribution in [3.05, 3.63) is 41.4 Å². The lowest BCUT2D eigenvalue weighted by atomic mass is 10.1. The van der Waals surface area contributed by atoms with Crippen molar-refractivity contribution < 1.29 is 0 Å². The molecular formula is C11H12ClN5. The molecule has 2 heterocycles. The first kappa shape index (κ1) is 11.6. The Kier molecular flexibility index (Phi) is 3.39. The van der Waals surface area contributed by atoms with E-state index in [1.54, 1.807) is 12.4 Å². The van der Waals surface area contributed by atoms with E-state index in [1.165, 1.54) is 6.33 Å². The van der Waals surface area contributed by atoms with E-state index in [1.807, 2.05) is 19.1 Å². The first-order chi connectivity index (χ1) is 8.18. The lowest BCUT2D eigenvalue weighted by molar-refractivity contribution is 0.869. The number of nitrogens with one attached hydrogen (secondary N) is 1. The monoisotopic (exact) mass is 249 g/mol. The summed E-state index contributed by atoms with van der Waals surface area (Å²) in [5.74, 6) is 0.801. The predicted octanol–water partition coefficient (Wildman–Crippen LogP) is 2.28. The number of anilines is 2. The third kappa shape index (κ3) is 2.62. The number of nitrogens with zero attached hydrogens (tertiary/aromatic N) is 3. The van der Waals surface area contributed by atoms with Gasteiger partial charge in [-0.05, 0) is 24.6 Å². The summed E-state index contributed by atoms with van der Waals surface area (Å²) in [5, 5.41) is 3.52. The molecule has 2 rings (SSSR count). The minimum atomic E-state index is 0.0600. The largest absolute Gasteiger partial charge is 0.382 e. The number of nitrogen functional groups attached to an aromatic ring is 1. The van der Waals surface area contributed by atoms with Gasteiger partial charge in [0.25, 0.3) is 0 Å². The Morgan fingerprint density at radius 2 is 2.00 bits per heavy atom. The molecule has 0 radical (unpaired) electrons. The third-order valence-electron chi connectivity index (χ3n) is 2.38. The van der Waals surface area contributed by atoms with Gasteiger partial charge in [-0.15, -0.1) is 0 Å². The Bertz CT molecular complexity index is 502. The van der Waals surface area contributed by atoms with Gasteiger partial charge in [-0.3, -0.25) is 4.98 Å². The summed E-state index contributed by atoms with van der Waals surface area (Å²) in [7, 11) is 0. The number of hydrogen-bond acceptors (Lipinski definition) is 5. The van der Waals surface area contributed by atoms with Gasteiger partial charge >= 0.3 is 0 Å². The zero-order chi connectivity index (χ0) is 12.3. The summed E-state index contributed by atoms with van der Waals surface area (Å²) in [6.45, 7) is 2.00. The number of pyridine rings is 1. The van der Waals surface area contributed by atoms with Crippen LogP contribution < -0.4 is 11.1 Å². The van der Waals surface area contributed by atoms with E-state index in [9.17, 15) is 0 Å². The van der Waals surface area contributed by atoms with Gasteiger partial charge in [0.05, 0.1) is 6.04 Å². The first-order valence-corrected chi connectivity index (χ1v) is 5.48. The summed E-state index contributed by atoms with van der Waals surface area (Å²) in [6.07, 6.45) is 4.86. The zero-order valence-corrected chi connectivity index (χ0v) is 10.0. The van der Waals surface area contributed by atoms with E-state index in [2.05, 4.69) is 20.3 Å². The molecule has 88 valence electrons. The van der Waals surface area contributed by atoms with Crippen LogP contribution in [0.25, 0.3) is 0 Å². The van der Waals surface area contributed by atoms with Crippen molar-refractivity contribution in [2.45, 2.75) is 13.0 Å². The van der Waals surface area contributed by atoms with Crippen LogP contribution in [0.3, 0.4) is 0 Å². The fourth-order valence-corrected chi connectivity index (χ4v) is 1.58. The SMILES string of the molecule is C[C@H](Nc1ncnc(N)c1Cl)c1ccncc1. The number of hydrogen-bond donors (Lipinski definition) is 2. The second-order valence-corrected chi connectivity index (χ2v) is 3.95. The van der Waals surface area contributed by atoms with Crippen LogP contribution >= 0.6 is 11.6 Å². The van der Waals surface area contributed by atoms with Crippen molar-refractivity contribution in [2.24, 2.45) is 0 Å². The molecule has 1 atom stereocenters. The molecular weight excluding hydrogens is 238 g/mol. The number of rotatable bonds is 3. The molecule has 0 spiro atoms. The molecule has 0 aliphatic heterocycles. The molecule has 3 N–H and O–H groups in total. The molecule has 0 aliphatic carbocycles. The number of nitrogens with two attached hydrogens (primary N) is 1. The van der Waals surface area contributed by atoms with Crippen molar-refractivity contribution in [3.63, 3.8) is 0 Å². The standard InChI is InChI=1S/C11H12ClN5/c1-7(8-2-4-14-5-3-8)17-11-9(12)10(13)15-6-16-11/h2-7H,1H3,(H3,13,15,16,17)/t7-/m0/s1. The topological polar surface area (TPSA) is 76.7 Å². The van der Waals surface area contributed by atoms with Gasteiger partial charge in [-0.25, -0.2) is 9.97 Å². The van der Waals surface area contributed by atoms with Crippen LogP contribution in [-0.2, 0) is 0 Å². The quantitative estimate of drug-likeness (QED) is 0.873. The van der Waals surface area contributed by atoms with E-state index in [0.717, 1.165) is 5.56 Å². The molecule has 0 aromatic carbocycles. The molecule has 0 fully saturated rings. The van der Waals surface area contributed by atoms with E-state index < -0.39 is 0 Å². The highest BCUT2D eigenvalue weighted by atomic mass is 35.5. The molecule has 0 aliphatic rings. The fourth-order valence-electron chi connectivity index (χ4n) is 1.42. The second-order valence-electron chi connectivity index (χ2n) is 3.57. The van der Waals surface area contributed by atoms with Gasteiger partial charge in [0.2, 0.25) is 0 Å². The zero-order valence-electron chi connectivity index (χ0n) is 9.26. The van der Waals surface area contributed by atoms with Crippen molar-refractivity contribution in [1.82, 2.24) is 15.0 Å². The molecule has 0 saturated carbocycles. The van der Waals surface area contributed by atoms with Crippen molar-refractivity contribution >= 4 is 23.2 Å². The van der Waals surface area contributed by atoms with E-state index in [0.29, 0.717) is 10.8 Å². The Hall–Kier alpha value is -1.88. The molecule has 2 aromatic rings. The number of halogens is 1. The van der Waals surface area contributed by atoms with Crippen LogP contribution in [0.15, 0.2) is 30.9 Å². The normalized spacial score (nSPS) is 12.1. The third-order valence-corrected chi connectivity index (χ3v) is 2.75. The summed E-state index contributed by atoms with van der Waals surface area (Å²) < 4.78 is 0. The van der Waals surface area contributed by atoms with Crippen molar-refractivity contribution in [3.8, 4) is 0 Å². The summed E-state index contributed by atoms with van der Waals surface area (Å²) in [4.78, 5) is 11.8. The smallest absolute Gasteiger partial charge is 0.150 e. The summed E-state index contributed by atoms with van der Waals surface area (Å²) in [6, 6.07) is 3.91. The van der Waals surface area contributed by atoms with Crippen molar-refractivity contribution in [2.75, 3.05) is 11.1 Å². The minimum Gasteiger partial charge on any atom is -0.382 e. The molecule has 0 amide bonds. The van der Waals surface area contributed by atoms with Gasteiger partial charge in [-0.1, -0.05) is 11.6 Å².